The van der Waals surface area contributed by atoms with Crippen molar-refractivity contribution in [1.82, 2.24) is 4.90 Å². The second-order valence-corrected chi connectivity index (χ2v) is 9.09. The Hall–Kier alpha value is -0.0231. The van der Waals surface area contributed by atoms with E-state index in [-0.39, 0.29) is 36.0 Å². The van der Waals surface area contributed by atoms with Crippen molar-refractivity contribution in [2.75, 3.05) is 32.9 Å². The zero-order valence-electron chi connectivity index (χ0n) is 18.1. The van der Waals surface area contributed by atoms with Gasteiger partial charge in [-0.1, -0.05) is 0 Å². The van der Waals surface area contributed by atoms with Gasteiger partial charge in [0, 0.05) is 55.1 Å². The third-order valence-electron chi connectivity index (χ3n) is 5.99. The molecule has 7 heteroatoms. The molecule has 0 aromatic rings. The summed E-state index contributed by atoms with van der Waals surface area (Å²) in [6.45, 7) is 13.9. The molecule has 0 amide bonds. The molecule has 6 atom stereocenters. The van der Waals surface area contributed by atoms with Gasteiger partial charge in [0.2, 0.25) is 0 Å². The number of hydrogen-bond acceptors (Lipinski definition) is 6. The molecule has 1 N–H and O–H groups in total. The minimum atomic E-state index is -0.701. The largest absolute Gasteiger partial charge is 0.391 e. The van der Waals surface area contributed by atoms with Crippen molar-refractivity contribution in [1.29, 1.82) is 0 Å². The van der Waals surface area contributed by atoms with Crippen molar-refractivity contribution in [2.24, 2.45) is 5.92 Å². The van der Waals surface area contributed by atoms with Crippen LogP contribution in [0.1, 0.15) is 53.9 Å². The Kier molecular flexibility index (Phi) is 9.19. The SMILES string of the molecule is CCOC([SiH3])C(OCC)(OCC)C1CCC(O)C(N2CC(C)OC(C)C2)C1. The molecular weight excluding hydrogens is 362 g/mol. The molecule has 0 aromatic carbocycles. The van der Waals surface area contributed by atoms with E-state index in [1.807, 2.05) is 20.8 Å². The van der Waals surface area contributed by atoms with Crippen molar-refractivity contribution < 1.29 is 24.1 Å². The molecule has 6 unspecified atom stereocenters. The summed E-state index contributed by atoms with van der Waals surface area (Å²) in [6, 6.07) is 0.119. The Morgan fingerprint density at radius 3 is 2.19 bits per heavy atom. The van der Waals surface area contributed by atoms with Crippen LogP contribution >= 0.6 is 0 Å². The maximum atomic E-state index is 10.8. The molecule has 0 spiro atoms. The van der Waals surface area contributed by atoms with E-state index in [0.717, 1.165) is 42.6 Å². The second-order valence-electron chi connectivity index (χ2n) is 8.04. The third kappa shape index (κ3) is 5.53. The Morgan fingerprint density at radius 1 is 1.07 bits per heavy atom. The molecule has 27 heavy (non-hydrogen) atoms. The summed E-state index contributed by atoms with van der Waals surface area (Å²) >= 11 is 0. The molecule has 2 fully saturated rings. The van der Waals surface area contributed by atoms with Crippen LogP contribution < -0.4 is 0 Å². The molecule has 160 valence electrons. The number of aliphatic hydroxyl groups is 1. The highest BCUT2D eigenvalue weighted by atomic mass is 28.1. The summed E-state index contributed by atoms with van der Waals surface area (Å²) in [4.78, 5) is 2.42. The van der Waals surface area contributed by atoms with E-state index in [2.05, 4.69) is 18.7 Å². The lowest BCUT2D eigenvalue weighted by Crippen LogP contribution is -2.61. The lowest BCUT2D eigenvalue weighted by Gasteiger charge is -2.50. The zero-order valence-corrected chi connectivity index (χ0v) is 20.1. The van der Waals surface area contributed by atoms with E-state index in [4.69, 9.17) is 18.9 Å². The number of rotatable bonds is 9. The van der Waals surface area contributed by atoms with Crippen molar-refractivity contribution >= 4 is 10.2 Å². The zero-order chi connectivity index (χ0) is 20.0. The number of nitrogens with zero attached hydrogens (tertiary/aromatic N) is 1. The predicted molar refractivity (Wildman–Crippen MR) is 110 cm³/mol. The standard InChI is InChI=1S/C20H41NO5Si/c1-6-23-19(27)20(24-7-2,25-8-3)16-9-10-18(22)17(11-16)21-12-14(4)26-15(5)13-21/h14-19,22H,6-13H2,1-5,27H3. The summed E-state index contributed by atoms with van der Waals surface area (Å²) in [6.07, 6.45) is 2.63. The summed E-state index contributed by atoms with van der Waals surface area (Å²) in [5, 5.41) is 10.8. The fourth-order valence-electron chi connectivity index (χ4n) is 5.04. The van der Waals surface area contributed by atoms with Crippen molar-refractivity contribution in [3.63, 3.8) is 0 Å². The van der Waals surface area contributed by atoms with Gasteiger partial charge in [-0.05, 0) is 53.9 Å². The van der Waals surface area contributed by atoms with Gasteiger partial charge in [-0.15, -0.1) is 0 Å². The van der Waals surface area contributed by atoms with Crippen molar-refractivity contribution in [3.8, 4) is 0 Å². The highest BCUT2D eigenvalue weighted by molar-refractivity contribution is 6.11. The number of aliphatic hydroxyl groups excluding tert-OH is 1. The van der Waals surface area contributed by atoms with Crippen LogP contribution in [0, 0.1) is 5.92 Å². The molecule has 1 heterocycles. The smallest absolute Gasteiger partial charge is 0.193 e. The van der Waals surface area contributed by atoms with Crippen LogP contribution in [-0.4, -0.2) is 89.0 Å². The molecule has 1 saturated carbocycles. The van der Waals surface area contributed by atoms with Gasteiger partial charge in [0.05, 0.1) is 24.0 Å². The second kappa shape index (κ2) is 10.7. The average Bonchev–Trinajstić information content (AvgIpc) is 2.61. The summed E-state index contributed by atoms with van der Waals surface area (Å²) < 4.78 is 24.5. The average molecular weight is 404 g/mol. The minimum Gasteiger partial charge on any atom is -0.391 e. The Bertz CT molecular complexity index is 425. The van der Waals surface area contributed by atoms with Crippen molar-refractivity contribution in [2.45, 2.75) is 89.7 Å². The van der Waals surface area contributed by atoms with Gasteiger partial charge in [0.15, 0.2) is 5.79 Å². The first-order valence-corrected chi connectivity index (χ1v) is 12.0. The highest BCUT2D eigenvalue weighted by Crippen LogP contribution is 2.41. The van der Waals surface area contributed by atoms with Gasteiger partial charge in [0.25, 0.3) is 0 Å². The molecular formula is C20H41NO5Si. The van der Waals surface area contributed by atoms with Crippen LogP contribution in [-0.2, 0) is 18.9 Å². The summed E-state index contributed by atoms with van der Waals surface area (Å²) in [5.41, 5.74) is -0.0224. The molecule has 1 aliphatic carbocycles. The molecule has 1 saturated heterocycles. The number of hydrogen-bond donors (Lipinski definition) is 1. The topological polar surface area (TPSA) is 60.4 Å². The molecule has 6 nitrogen and oxygen atoms in total. The first-order valence-electron chi connectivity index (χ1n) is 10.8. The van der Waals surface area contributed by atoms with Gasteiger partial charge in [-0.3, -0.25) is 4.90 Å². The lowest BCUT2D eigenvalue weighted by atomic mass is 9.77. The van der Waals surface area contributed by atoms with E-state index < -0.39 is 5.79 Å². The van der Waals surface area contributed by atoms with E-state index in [9.17, 15) is 5.11 Å². The highest BCUT2D eigenvalue weighted by Gasteiger charge is 2.50. The Labute approximate surface area is 168 Å². The third-order valence-corrected chi connectivity index (χ3v) is 7.13. The van der Waals surface area contributed by atoms with Crippen LogP contribution in [0.2, 0.25) is 0 Å². The number of ether oxygens (including phenoxy) is 4. The summed E-state index contributed by atoms with van der Waals surface area (Å²) in [7, 11) is 0.841. The summed E-state index contributed by atoms with van der Waals surface area (Å²) in [5.74, 6) is -0.485. The molecule has 1 aliphatic heterocycles. The normalized spacial score (nSPS) is 34.7. The minimum absolute atomic E-state index is 0.0224. The van der Waals surface area contributed by atoms with Crippen LogP contribution in [0.15, 0.2) is 0 Å². The fraction of sp³-hybridized carbons (Fsp3) is 1.00. The van der Waals surface area contributed by atoms with E-state index in [1.165, 1.54) is 0 Å². The van der Waals surface area contributed by atoms with Crippen LogP contribution in [0.25, 0.3) is 0 Å². The van der Waals surface area contributed by atoms with Crippen LogP contribution in [0.4, 0.5) is 0 Å². The molecule has 2 rings (SSSR count). The molecule has 0 bridgehead atoms. The van der Waals surface area contributed by atoms with Crippen molar-refractivity contribution in [3.05, 3.63) is 0 Å². The maximum Gasteiger partial charge on any atom is 0.193 e. The van der Waals surface area contributed by atoms with E-state index in [1.54, 1.807) is 0 Å². The first-order chi connectivity index (χ1) is 12.9. The number of morpholine rings is 1. The van der Waals surface area contributed by atoms with E-state index >= 15 is 0 Å². The van der Waals surface area contributed by atoms with Gasteiger partial charge in [-0.25, -0.2) is 0 Å². The van der Waals surface area contributed by atoms with Crippen LogP contribution in [0.5, 0.6) is 0 Å². The predicted octanol–water partition coefficient (Wildman–Crippen LogP) is 1.12. The Morgan fingerprint density at radius 2 is 1.67 bits per heavy atom. The van der Waals surface area contributed by atoms with E-state index in [0.29, 0.717) is 19.8 Å². The van der Waals surface area contributed by atoms with Gasteiger partial charge < -0.3 is 24.1 Å². The maximum absolute atomic E-state index is 10.8. The van der Waals surface area contributed by atoms with Crippen LogP contribution in [0.3, 0.4) is 0 Å². The Balaban J connectivity index is 2.22. The lowest BCUT2D eigenvalue weighted by molar-refractivity contribution is -0.305. The fourth-order valence-corrected chi connectivity index (χ4v) is 6.18. The monoisotopic (exact) mass is 403 g/mol. The molecule has 2 aliphatic rings. The molecule has 0 aromatic heterocycles. The molecule has 0 radical (unpaired) electrons. The van der Waals surface area contributed by atoms with Gasteiger partial charge in [-0.2, -0.15) is 0 Å². The van der Waals surface area contributed by atoms with Gasteiger partial charge in [0.1, 0.15) is 0 Å². The first kappa shape index (κ1) is 23.3. The van der Waals surface area contributed by atoms with Gasteiger partial charge >= 0.3 is 0 Å². The quantitative estimate of drug-likeness (QED) is 0.460.